The molecule has 0 unspecified atom stereocenters. The van der Waals surface area contributed by atoms with Crippen LogP contribution < -0.4 is 0 Å². The predicted molar refractivity (Wildman–Crippen MR) is 110 cm³/mol. The van der Waals surface area contributed by atoms with E-state index in [9.17, 15) is 4.79 Å². The molecule has 1 amide bonds. The van der Waals surface area contributed by atoms with E-state index in [-0.39, 0.29) is 5.91 Å². The summed E-state index contributed by atoms with van der Waals surface area (Å²) < 4.78 is 0. The number of carbonyl (C=O) groups is 1. The lowest BCUT2D eigenvalue weighted by Crippen LogP contribution is -2.33. The Morgan fingerprint density at radius 3 is 2.38 bits per heavy atom. The summed E-state index contributed by atoms with van der Waals surface area (Å²) in [6.07, 6.45) is 3.09. The molecule has 26 heavy (non-hydrogen) atoms. The largest absolute Gasteiger partial charge is 0.335 e. The van der Waals surface area contributed by atoms with E-state index >= 15 is 0 Å². The zero-order valence-electron chi connectivity index (χ0n) is 15.5. The van der Waals surface area contributed by atoms with E-state index in [1.165, 1.54) is 11.1 Å². The molecule has 3 aromatic carbocycles. The monoisotopic (exact) mass is 343 g/mol. The van der Waals surface area contributed by atoms with Crippen LogP contribution in [0, 0.1) is 0 Å². The minimum Gasteiger partial charge on any atom is -0.335 e. The quantitative estimate of drug-likeness (QED) is 0.554. The van der Waals surface area contributed by atoms with E-state index in [0.29, 0.717) is 6.54 Å². The van der Waals surface area contributed by atoms with Crippen LogP contribution in [0.15, 0.2) is 78.4 Å². The Balaban J connectivity index is 1.87. The summed E-state index contributed by atoms with van der Waals surface area (Å²) in [5, 5.41) is 2.12. The highest BCUT2D eigenvalue weighted by Crippen LogP contribution is 2.21. The lowest BCUT2D eigenvalue weighted by atomic mass is 10.0. The molecule has 0 heterocycles. The van der Waals surface area contributed by atoms with Crippen LogP contribution in [-0.2, 0) is 0 Å². The number of carbonyl (C=O) groups excluding carboxylic acids is 1. The lowest BCUT2D eigenvalue weighted by molar-refractivity contribution is 0.0772. The number of fused-ring (bicyclic) bond motifs is 1. The number of hydrogen-bond acceptors (Lipinski definition) is 1. The first-order valence-corrected chi connectivity index (χ1v) is 9.18. The van der Waals surface area contributed by atoms with Gasteiger partial charge in [-0.2, -0.15) is 0 Å². The van der Waals surface area contributed by atoms with Crippen molar-refractivity contribution >= 4 is 22.8 Å². The highest BCUT2D eigenvalue weighted by molar-refractivity contribution is 6.07. The molecule has 2 nitrogen and oxygen atoms in total. The second-order valence-corrected chi connectivity index (χ2v) is 6.65. The van der Waals surface area contributed by atoms with Crippen molar-refractivity contribution in [1.29, 1.82) is 0 Å². The van der Waals surface area contributed by atoms with Crippen molar-refractivity contribution < 1.29 is 4.79 Å². The molecule has 0 atom stereocenters. The van der Waals surface area contributed by atoms with Crippen molar-refractivity contribution in [3.05, 3.63) is 89.5 Å². The van der Waals surface area contributed by atoms with Gasteiger partial charge in [0.15, 0.2) is 0 Å². The van der Waals surface area contributed by atoms with Crippen LogP contribution in [0.1, 0.15) is 36.2 Å². The third-order valence-corrected chi connectivity index (χ3v) is 4.45. The molecule has 3 aromatic rings. The standard InChI is InChI=1S/C24H25NO/c1-3-16-25(18-19(2)17-20-10-5-4-6-11-20)24(26)23-15-9-13-21-12-7-8-14-22(21)23/h4-15,17H,3,16,18H2,1-2H3/b19-17+. The molecule has 0 radical (unpaired) electrons. The summed E-state index contributed by atoms with van der Waals surface area (Å²) in [4.78, 5) is 15.2. The van der Waals surface area contributed by atoms with Crippen molar-refractivity contribution in [3.63, 3.8) is 0 Å². The number of amides is 1. The van der Waals surface area contributed by atoms with Crippen LogP contribution in [0.3, 0.4) is 0 Å². The van der Waals surface area contributed by atoms with Crippen LogP contribution >= 0.6 is 0 Å². The molecule has 0 saturated heterocycles. The molecule has 0 aliphatic heterocycles. The van der Waals surface area contributed by atoms with Crippen LogP contribution in [-0.4, -0.2) is 23.9 Å². The van der Waals surface area contributed by atoms with E-state index in [2.05, 4.69) is 44.2 Å². The second kappa shape index (κ2) is 8.48. The SMILES string of the molecule is CCCN(C/C(C)=C/c1ccccc1)C(=O)c1cccc2ccccc12. The van der Waals surface area contributed by atoms with Gasteiger partial charge < -0.3 is 4.90 Å². The summed E-state index contributed by atoms with van der Waals surface area (Å²) in [5.74, 6) is 0.101. The van der Waals surface area contributed by atoms with Crippen molar-refractivity contribution in [1.82, 2.24) is 4.90 Å². The molecule has 0 aliphatic rings. The normalized spacial score (nSPS) is 11.5. The van der Waals surface area contributed by atoms with Gasteiger partial charge in [-0.25, -0.2) is 0 Å². The van der Waals surface area contributed by atoms with Crippen molar-refractivity contribution in [2.24, 2.45) is 0 Å². The van der Waals surface area contributed by atoms with E-state index in [0.717, 1.165) is 29.3 Å². The molecule has 0 aromatic heterocycles. The minimum absolute atomic E-state index is 0.101. The summed E-state index contributed by atoms with van der Waals surface area (Å²) in [6, 6.07) is 24.3. The third-order valence-electron chi connectivity index (χ3n) is 4.45. The summed E-state index contributed by atoms with van der Waals surface area (Å²) >= 11 is 0. The van der Waals surface area contributed by atoms with Crippen LogP contribution in [0.2, 0.25) is 0 Å². The van der Waals surface area contributed by atoms with E-state index in [1.54, 1.807) is 0 Å². The Labute approximate surface area is 155 Å². The van der Waals surface area contributed by atoms with Crippen LogP contribution in [0.25, 0.3) is 16.8 Å². The Kier molecular flexibility index (Phi) is 5.85. The van der Waals surface area contributed by atoms with Crippen molar-refractivity contribution in [2.45, 2.75) is 20.3 Å². The predicted octanol–water partition coefficient (Wildman–Crippen LogP) is 5.80. The Bertz CT molecular complexity index is 906. The Morgan fingerprint density at radius 1 is 0.923 bits per heavy atom. The summed E-state index contributed by atoms with van der Waals surface area (Å²) in [5.41, 5.74) is 3.13. The number of rotatable bonds is 6. The first-order valence-electron chi connectivity index (χ1n) is 9.18. The zero-order valence-corrected chi connectivity index (χ0v) is 15.5. The summed E-state index contributed by atoms with van der Waals surface area (Å²) in [7, 11) is 0. The molecule has 0 saturated carbocycles. The first-order chi connectivity index (χ1) is 12.7. The second-order valence-electron chi connectivity index (χ2n) is 6.65. The molecule has 0 N–H and O–H groups in total. The molecular formula is C24H25NO. The average Bonchev–Trinajstić information content (AvgIpc) is 2.67. The van der Waals surface area contributed by atoms with E-state index in [1.807, 2.05) is 53.4 Å². The highest BCUT2D eigenvalue weighted by Gasteiger charge is 2.17. The van der Waals surface area contributed by atoms with Gasteiger partial charge in [-0.1, -0.05) is 85.3 Å². The maximum absolute atomic E-state index is 13.2. The Hall–Kier alpha value is -2.87. The number of hydrogen-bond donors (Lipinski definition) is 0. The molecule has 132 valence electrons. The maximum atomic E-state index is 13.2. The van der Waals surface area contributed by atoms with Gasteiger partial charge >= 0.3 is 0 Å². The molecule has 3 rings (SSSR count). The fourth-order valence-electron chi connectivity index (χ4n) is 3.29. The Morgan fingerprint density at radius 2 is 1.62 bits per heavy atom. The number of benzene rings is 3. The van der Waals surface area contributed by atoms with Gasteiger partial charge in [-0.3, -0.25) is 4.79 Å². The molecule has 0 spiro atoms. The minimum atomic E-state index is 0.101. The van der Waals surface area contributed by atoms with Gasteiger partial charge in [-0.05, 0) is 35.7 Å². The van der Waals surface area contributed by atoms with Crippen LogP contribution in [0.4, 0.5) is 0 Å². The smallest absolute Gasteiger partial charge is 0.254 e. The fraction of sp³-hybridized carbons (Fsp3) is 0.208. The first kappa shape index (κ1) is 17.9. The maximum Gasteiger partial charge on any atom is 0.254 e. The van der Waals surface area contributed by atoms with Crippen molar-refractivity contribution in [3.8, 4) is 0 Å². The van der Waals surface area contributed by atoms with Gasteiger partial charge in [0.2, 0.25) is 0 Å². The third kappa shape index (κ3) is 4.20. The van der Waals surface area contributed by atoms with Crippen molar-refractivity contribution in [2.75, 3.05) is 13.1 Å². The van der Waals surface area contributed by atoms with E-state index in [4.69, 9.17) is 0 Å². The van der Waals surface area contributed by atoms with Gasteiger partial charge in [-0.15, -0.1) is 0 Å². The molecule has 0 fully saturated rings. The molecular weight excluding hydrogens is 318 g/mol. The highest BCUT2D eigenvalue weighted by atomic mass is 16.2. The van der Waals surface area contributed by atoms with Gasteiger partial charge in [0, 0.05) is 18.7 Å². The topological polar surface area (TPSA) is 20.3 Å². The van der Waals surface area contributed by atoms with Gasteiger partial charge in [0.1, 0.15) is 0 Å². The number of nitrogens with zero attached hydrogens (tertiary/aromatic N) is 1. The fourth-order valence-corrected chi connectivity index (χ4v) is 3.29. The van der Waals surface area contributed by atoms with Gasteiger partial charge in [0.05, 0.1) is 0 Å². The summed E-state index contributed by atoms with van der Waals surface area (Å²) in [6.45, 7) is 5.60. The molecule has 2 heteroatoms. The average molecular weight is 343 g/mol. The van der Waals surface area contributed by atoms with Gasteiger partial charge in [0.25, 0.3) is 5.91 Å². The van der Waals surface area contributed by atoms with E-state index < -0.39 is 0 Å². The lowest BCUT2D eigenvalue weighted by Gasteiger charge is -2.23. The molecule has 0 aliphatic carbocycles. The molecule has 0 bridgehead atoms. The van der Waals surface area contributed by atoms with Crippen LogP contribution in [0.5, 0.6) is 0 Å². The zero-order chi connectivity index (χ0) is 18.4.